The summed E-state index contributed by atoms with van der Waals surface area (Å²) in [5.41, 5.74) is 0.479. The second kappa shape index (κ2) is 11.5. The number of hydrogen-bond acceptors (Lipinski definition) is 10. The van der Waals surface area contributed by atoms with E-state index < -0.39 is 49.3 Å². The zero-order chi connectivity index (χ0) is 22.3. The van der Waals surface area contributed by atoms with Crippen molar-refractivity contribution < 1.29 is 49.0 Å². The van der Waals surface area contributed by atoms with E-state index >= 15 is 0 Å². The van der Waals surface area contributed by atoms with Crippen LogP contribution in [0, 0.1) is 0 Å². The lowest BCUT2D eigenvalue weighted by Gasteiger charge is -2.39. The summed E-state index contributed by atoms with van der Waals surface area (Å²) in [5.74, 6) is -1.59. The molecule has 170 valence electrons. The van der Waals surface area contributed by atoms with Gasteiger partial charge in [-0.1, -0.05) is 0 Å². The lowest BCUT2D eigenvalue weighted by Crippen LogP contribution is -2.59. The fourth-order valence-electron chi connectivity index (χ4n) is 3.15. The molecule has 5 N–H and O–H groups in total. The molecule has 1 unspecified atom stereocenters. The van der Waals surface area contributed by atoms with Crippen molar-refractivity contribution in [2.75, 3.05) is 19.8 Å². The highest BCUT2D eigenvalue weighted by molar-refractivity contribution is 6.12. The quantitative estimate of drug-likeness (QED) is 0.144. The summed E-state index contributed by atoms with van der Waals surface area (Å²) in [4.78, 5) is 34.6. The standard InChI is InChI=1S/C19H29NO10/c1-10-11(18(27)30-17(10)26)5-6-13(22)20-7-3-2-4-8-28-19-16(25)15(24)14(23)12(9-21)29-19/h12,14-16,19,21,23-25H,2-9H2,1H3,(H,20,22)/t12-,14+,15+,16-,19?/m1/s1. The minimum atomic E-state index is -1.47. The van der Waals surface area contributed by atoms with Crippen LogP contribution in [0.3, 0.4) is 0 Å². The molecule has 0 bridgehead atoms. The number of aliphatic hydroxyl groups is 4. The predicted octanol–water partition coefficient (Wildman–Crippen LogP) is -1.73. The SMILES string of the molecule is CC1=C(CCC(=O)NCCCCCOC2O[C@H](CO)[C@H](O)[C@H](O)[C@H]2O)C(=O)OC1=O. The Labute approximate surface area is 173 Å². The molecular weight excluding hydrogens is 402 g/mol. The molecular formula is C19H29NO10. The van der Waals surface area contributed by atoms with Crippen LogP contribution in [-0.2, 0) is 28.6 Å². The van der Waals surface area contributed by atoms with Gasteiger partial charge >= 0.3 is 11.9 Å². The van der Waals surface area contributed by atoms with Gasteiger partial charge in [0.25, 0.3) is 0 Å². The van der Waals surface area contributed by atoms with Crippen molar-refractivity contribution in [2.45, 2.75) is 69.7 Å². The van der Waals surface area contributed by atoms with Crippen LogP contribution in [0.5, 0.6) is 0 Å². The molecule has 0 aromatic carbocycles. The summed E-state index contributed by atoms with van der Waals surface area (Å²) in [5, 5.41) is 41.1. The van der Waals surface area contributed by atoms with Gasteiger partial charge in [0.1, 0.15) is 24.4 Å². The Morgan fingerprint density at radius 2 is 1.80 bits per heavy atom. The number of carbonyl (C=O) groups is 3. The first-order chi connectivity index (χ1) is 14.3. The fraction of sp³-hybridized carbons (Fsp3) is 0.737. The molecule has 11 heteroatoms. The monoisotopic (exact) mass is 431 g/mol. The second-order valence-corrected chi connectivity index (χ2v) is 7.26. The van der Waals surface area contributed by atoms with E-state index in [2.05, 4.69) is 10.1 Å². The van der Waals surface area contributed by atoms with Gasteiger partial charge in [-0.15, -0.1) is 0 Å². The van der Waals surface area contributed by atoms with Crippen LogP contribution in [0.2, 0.25) is 0 Å². The Morgan fingerprint density at radius 3 is 2.43 bits per heavy atom. The second-order valence-electron chi connectivity index (χ2n) is 7.26. The molecule has 1 fully saturated rings. The number of esters is 2. The van der Waals surface area contributed by atoms with Gasteiger partial charge in [-0.3, -0.25) is 4.79 Å². The Kier molecular flexibility index (Phi) is 9.34. The minimum Gasteiger partial charge on any atom is -0.394 e. The molecule has 11 nitrogen and oxygen atoms in total. The topological polar surface area (TPSA) is 172 Å². The molecule has 2 aliphatic heterocycles. The number of unbranched alkanes of at least 4 members (excludes halogenated alkanes) is 2. The number of ether oxygens (including phenoxy) is 3. The molecule has 2 heterocycles. The van der Waals surface area contributed by atoms with E-state index in [1.54, 1.807) is 0 Å². The Hall–Kier alpha value is -1.89. The van der Waals surface area contributed by atoms with Gasteiger partial charge < -0.3 is 40.0 Å². The Morgan fingerprint density at radius 1 is 1.07 bits per heavy atom. The van der Waals surface area contributed by atoms with Crippen LogP contribution in [0.25, 0.3) is 0 Å². The molecule has 0 aromatic rings. The van der Waals surface area contributed by atoms with Crippen molar-refractivity contribution in [3.63, 3.8) is 0 Å². The van der Waals surface area contributed by atoms with Crippen molar-refractivity contribution >= 4 is 17.8 Å². The molecule has 0 spiro atoms. The zero-order valence-corrected chi connectivity index (χ0v) is 16.8. The summed E-state index contributed by atoms with van der Waals surface area (Å²) in [6, 6.07) is 0. The molecule has 0 saturated carbocycles. The van der Waals surface area contributed by atoms with Gasteiger partial charge in [-0.05, 0) is 32.6 Å². The first kappa shape index (κ1) is 24.4. The van der Waals surface area contributed by atoms with Crippen LogP contribution in [0.4, 0.5) is 0 Å². The number of aliphatic hydroxyl groups excluding tert-OH is 4. The van der Waals surface area contributed by atoms with Crippen molar-refractivity contribution in [1.29, 1.82) is 0 Å². The van der Waals surface area contributed by atoms with Gasteiger partial charge in [0.15, 0.2) is 6.29 Å². The first-order valence-electron chi connectivity index (χ1n) is 9.91. The minimum absolute atomic E-state index is 0.0786. The third kappa shape index (κ3) is 6.30. The maximum absolute atomic E-state index is 11.8. The summed E-state index contributed by atoms with van der Waals surface area (Å²) >= 11 is 0. The van der Waals surface area contributed by atoms with E-state index in [0.29, 0.717) is 25.8 Å². The van der Waals surface area contributed by atoms with E-state index in [1.807, 2.05) is 0 Å². The molecule has 2 rings (SSSR count). The maximum Gasteiger partial charge on any atom is 0.342 e. The summed E-state index contributed by atoms with van der Waals surface area (Å²) in [6.07, 6.45) is -4.26. The van der Waals surface area contributed by atoms with Gasteiger partial charge in [0.2, 0.25) is 5.91 Å². The predicted molar refractivity (Wildman–Crippen MR) is 99.6 cm³/mol. The normalized spacial score (nSPS) is 29.3. The number of amides is 1. The highest BCUT2D eigenvalue weighted by Crippen LogP contribution is 2.22. The van der Waals surface area contributed by atoms with Gasteiger partial charge in [-0.25, -0.2) is 9.59 Å². The van der Waals surface area contributed by atoms with Crippen molar-refractivity contribution in [1.82, 2.24) is 5.32 Å². The number of nitrogens with one attached hydrogen (secondary N) is 1. The third-order valence-electron chi connectivity index (χ3n) is 5.07. The number of hydrogen-bond donors (Lipinski definition) is 5. The van der Waals surface area contributed by atoms with Crippen LogP contribution < -0.4 is 5.32 Å². The fourth-order valence-corrected chi connectivity index (χ4v) is 3.15. The summed E-state index contributed by atoms with van der Waals surface area (Å²) < 4.78 is 15.1. The number of rotatable bonds is 11. The molecule has 2 aliphatic rings. The number of carbonyl (C=O) groups excluding carboxylic acids is 3. The Balaban J connectivity index is 1.55. The van der Waals surface area contributed by atoms with Crippen LogP contribution in [0.1, 0.15) is 39.0 Å². The van der Waals surface area contributed by atoms with Gasteiger partial charge in [-0.2, -0.15) is 0 Å². The molecule has 0 aromatic heterocycles. The van der Waals surface area contributed by atoms with Crippen LogP contribution in [0.15, 0.2) is 11.1 Å². The van der Waals surface area contributed by atoms with Crippen LogP contribution >= 0.6 is 0 Å². The summed E-state index contributed by atoms with van der Waals surface area (Å²) in [6.45, 7) is 1.63. The average molecular weight is 431 g/mol. The van der Waals surface area contributed by atoms with Crippen LogP contribution in [-0.4, -0.2) is 88.7 Å². The smallest absolute Gasteiger partial charge is 0.342 e. The van der Waals surface area contributed by atoms with E-state index in [-0.39, 0.29) is 36.5 Å². The van der Waals surface area contributed by atoms with E-state index in [9.17, 15) is 29.7 Å². The van der Waals surface area contributed by atoms with Gasteiger partial charge in [0, 0.05) is 30.7 Å². The summed E-state index contributed by atoms with van der Waals surface area (Å²) in [7, 11) is 0. The van der Waals surface area contributed by atoms with Crippen molar-refractivity contribution in [3.8, 4) is 0 Å². The van der Waals surface area contributed by atoms with E-state index in [4.69, 9.17) is 14.6 Å². The maximum atomic E-state index is 11.8. The largest absolute Gasteiger partial charge is 0.394 e. The molecule has 5 atom stereocenters. The van der Waals surface area contributed by atoms with Crippen molar-refractivity contribution in [3.05, 3.63) is 11.1 Å². The highest BCUT2D eigenvalue weighted by Gasteiger charge is 2.43. The molecule has 0 radical (unpaired) electrons. The lowest BCUT2D eigenvalue weighted by molar-refractivity contribution is -0.301. The van der Waals surface area contributed by atoms with Crippen molar-refractivity contribution in [2.24, 2.45) is 0 Å². The molecule has 30 heavy (non-hydrogen) atoms. The molecule has 1 amide bonds. The lowest BCUT2D eigenvalue weighted by atomic mass is 9.99. The molecule has 1 saturated heterocycles. The number of cyclic esters (lactones) is 2. The third-order valence-corrected chi connectivity index (χ3v) is 5.07. The van der Waals surface area contributed by atoms with E-state index in [0.717, 1.165) is 0 Å². The van der Waals surface area contributed by atoms with E-state index in [1.165, 1.54) is 6.92 Å². The average Bonchev–Trinajstić information content (AvgIpc) is 2.96. The zero-order valence-electron chi connectivity index (χ0n) is 16.8. The molecule has 0 aliphatic carbocycles. The first-order valence-corrected chi connectivity index (χ1v) is 9.91. The van der Waals surface area contributed by atoms with Gasteiger partial charge in [0.05, 0.1) is 6.61 Å². The Bertz CT molecular complexity index is 662. The highest BCUT2D eigenvalue weighted by atomic mass is 16.7.